The topological polar surface area (TPSA) is 49.4 Å². The molecule has 0 radical (unpaired) electrons. The van der Waals surface area contributed by atoms with Gasteiger partial charge in [0.15, 0.2) is 0 Å². The van der Waals surface area contributed by atoms with Gasteiger partial charge in [0.25, 0.3) is 0 Å². The van der Waals surface area contributed by atoms with Crippen LogP contribution in [0.25, 0.3) is 0 Å². The van der Waals surface area contributed by atoms with E-state index in [-0.39, 0.29) is 18.2 Å². The Labute approximate surface area is 127 Å². The molecule has 0 spiro atoms. The first-order valence-corrected chi connectivity index (χ1v) is 7.68. The van der Waals surface area contributed by atoms with Crippen molar-refractivity contribution in [3.05, 3.63) is 29.8 Å². The molecule has 0 saturated carbocycles. The fourth-order valence-corrected chi connectivity index (χ4v) is 3.64. The van der Waals surface area contributed by atoms with Crippen molar-refractivity contribution in [2.75, 3.05) is 11.9 Å². The molecule has 1 atom stereocenters. The summed E-state index contributed by atoms with van der Waals surface area (Å²) >= 11 is 6.43. The number of nitrogens with zero attached hydrogens (tertiary/aromatic N) is 1. The van der Waals surface area contributed by atoms with E-state index < -0.39 is 5.25 Å². The first-order chi connectivity index (χ1) is 9.51. The lowest BCUT2D eigenvalue weighted by molar-refractivity contribution is -0.128. The van der Waals surface area contributed by atoms with Crippen LogP contribution in [0.1, 0.15) is 18.9 Å². The van der Waals surface area contributed by atoms with Crippen LogP contribution in [-0.4, -0.2) is 32.8 Å². The van der Waals surface area contributed by atoms with Crippen LogP contribution in [-0.2, 0) is 9.59 Å². The molecule has 1 saturated heterocycles. The number of carbonyl (C=O) groups is 2. The minimum atomic E-state index is -0.396. The quantitative estimate of drug-likeness (QED) is 0.869. The van der Waals surface area contributed by atoms with Crippen LogP contribution in [0.3, 0.4) is 0 Å². The van der Waals surface area contributed by atoms with Crippen LogP contribution in [0, 0.1) is 6.92 Å². The fraction of sp³-hybridized carbons (Fsp3) is 0.357. The van der Waals surface area contributed by atoms with Gasteiger partial charge < -0.3 is 5.32 Å². The van der Waals surface area contributed by atoms with E-state index in [0.29, 0.717) is 10.9 Å². The molecule has 1 aliphatic rings. The largest absolute Gasteiger partial charge is 0.326 e. The summed E-state index contributed by atoms with van der Waals surface area (Å²) in [6.45, 7) is 4.39. The van der Waals surface area contributed by atoms with E-state index in [1.54, 1.807) is 4.90 Å². The Balaban J connectivity index is 1.96. The smallest absolute Gasteiger partial charge is 0.242 e. The van der Waals surface area contributed by atoms with Crippen molar-refractivity contribution >= 4 is 45.8 Å². The Hall–Kier alpha value is -1.40. The van der Waals surface area contributed by atoms with Crippen LogP contribution in [0.5, 0.6) is 0 Å². The Morgan fingerprint density at radius 2 is 2.25 bits per heavy atom. The number of thioether (sulfide) groups is 1. The van der Waals surface area contributed by atoms with E-state index in [0.717, 1.165) is 11.3 Å². The summed E-state index contributed by atoms with van der Waals surface area (Å²) in [5, 5.41) is 2.42. The summed E-state index contributed by atoms with van der Waals surface area (Å²) in [7, 11) is 0. The first kappa shape index (κ1) is 15.0. The van der Waals surface area contributed by atoms with E-state index in [1.165, 1.54) is 11.8 Å². The average molecular weight is 308 g/mol. The Kier molecular flexibility index (Phi) is 4.77. The molecule has 106 valence electrons. The van der Waals surface area contributed by atoms with Gasteiger partial charge in [0.2, 0.25) is 11.8 Å². The van der Waals surface area contributed by atoms with E-state index in [1.807, 2.05) is 38.1 Å². The number of anilines is 1. The predicted molar refractivity (Wildman–Crippen MR) is 85.8 cm³/mol. The van der Waals surface area contributed by atoms with Gasteiger partial charge in [0, 0.05) is 18.7 Å². The van der Waals surface area contributed by atoms with Crippen LogP contribution in [0.2, 0.25) is 0 Å². The highest BCUT2D eigenvalue weighted by Gasteiger charge is 2.37. The van der Waals surface area contributed by atoms with Crippen LogP contribution in [0.15, 0.2) is 24.3 Å². The number of amides is 2. The first-order valence-electron chi connectivity index (χ1n) is 6.39. The van der Waals surface area contributed by atoms with E-state index >= 15 is 0 Å². The van der Waals surface area contributed by atoms with Crippen LogP contribution < -0.4 is 5.32 Å². The van der Waals surface area contributed by atoms with Gasteiger partial charge >= 0.3 is 0 Å². The lowest BCUT2D eigenvalue weighted by Gasteiger charge is -2.12. The molecule has 1 N–H and O–H groups in total. The lowest BCUT2D eigenvalue weighted by Crippen LogP contribution is -2.32. The average Bonchev–Trinajstić information content (AvgIpc) is 2.63. The normalized spacial score (nSPS) is 18.5. The maximum Gasteiger partial charge on any atom is 0.242 e. The third-order valence-electron chi connectivity index (χ3n) is 2.99. The number of benzene rings is 1. The number of thiocarbonyl (C=S) groups is 1. The van der Waals surface area contributed by atoms with Gasteiger partial charge in [-0.3, -0.25) is 14.5 Å². The Morgan fingerprint density at radius 3 is 2.85 bits per heavy atom. The standard InChI is InChI=1S/C14H16N2O2S2/c1-3-16-13(18)11(20-14(16)19)8-12(17)15-10-6-4-5-9(2)7-10/h4-7,11H,3,8H2,1-2H3,(H,15,17). The second kappa shape index (κ2) is 6.37. The molecule has 1 heterocycles. The number of hydrogen-bond donors (Lipinski definition) is 1. The molecule has 1 aliphatic heterocycles. The summed E-state index contributed by atoms with van der Waals surface area (Å²) in [5.41, 5.74) is 1.83. The SMILES string of the molecule is CCN1C(=O)C(CC(=O)Nc2cccc(C)c2)SC1=S. The zero-order chi connectivity index (χ0) is 14.7. The predicted octanol–water partition coefficient (Wildman–Crippen LogP) is 2.57. The highest BCUT2D eigenvalue weighted by molar-refractivity contribution is 8.24. The summed E-state index contributed by atoms with van der Waals surface area (Å²) in [6, 6.07) is 7.57. The van der Waals surface area contributed by atoms with Crippen LogP contribution >= 0.6 is 24.0 Å². The summed E-state index contributed by atoms with van der Waals surface area (Å²) < 4.78 is 0.561. The molecule has 1 unspecified atom stereocenters. The number of nitrogens with one attached hydrogen (secondary N) is 1. The maximum atomic E-state index is 12.0. The zero-order valence-electron chi connectivity index (χ0n) is 11.4. The van der Waals surface area contributed by atoms with Gasteiger partial charge in [-0.05, 0) is 31.5 Å². The summed E-state index contributed by atoms with van der Waals surface area (Å²) in [4.78, 5) is 25.6. The molecule has 2 rings (SSSR count). The minimum absolute atomic E-state index is 0.0677. The molecular formula is C14H16N2O2S2. The summed E-state index contributed by atoms with van der Waals surface area (Å²) in [6.07, 6.45) is 0.147. The third kappa shape index (κ3) is 3.37. The highest BCUT2D eigenvalue weighted by Crippen LogP contribution is 2.29. The minimum Gasteiger partial charge on any atom is -0.326 e. The third-order valence-corrected chi connectivity index (χ3v) is 4.58. The number of rotatable bonds is 4. The van der Waals surface area contributed by atoms with E-state index in [4.69, 9.17) is 12.2 Å². The van der Waals surface area contributed by atoms with Gasteiger partial charge in [-0.2, -0.15) is 0 Å². The Bertz CT molecular complexity index is 560. The molecular weight excluding hydrogens is 292 g/mol. The van der Waals surface area contributed by atoms with Crippen molar-refractivity contribution < 1.29 is 9.59 Å². The van der Waals surface area contributed by atoms with Crippen molar-refractivity contribution in [3.63, 3.8) is 0 Å². The molecule has 0 bridgehead atoms. The van der Waals surface area contributed by atoms with Crippen molar-refractivity contribution in [1.29, 1.82) is 0 Å². The van der Waals surface area contributed by atoms with E-state index in [9.17, 15) is 9.59 Å². The molecule has 1 fully saturated rings. The molecule has 1 aromatic carbocycles. The number of aryl methyl sites for hydroxylation is 1. The van der Waals surface area contributed by atoms with Crippen molar-refractivity contribution in [2.24, 2.45) is 0 Å². The molecule has 2 amide bonds. The van der Waals surface area contributed by atoms with Crippen LogP contribution in [0.4, 0.5) is 5.69 Å². The van der Waals surface area contributed by atoms with Gasteiger partial charge in [0.1, 0.15) is 4.32 Å². The molecule has 20 heavy (non-hydrogen) atoms. The summed E-state index contributed by atoms with van der Waals surface area (Å²) in [5.74, 6) is -0.232. The monoisotopic (exact) mass is 308 g/mol. The van der Waals surface area contributed by atoms with Crippen molar-refractivity contribution in [2.45, 2.75) is 25.5 Å². The maximum absolute atomic E-state index is 12.0. The molecule has 0 aliphatic carbocycles. The fourth-order valence-electron chi connectivity index (χ4n) is 2.02. The molecule has 0 aromatic heterocycles. The molecule has 4 nitrogen and oxygen atoms in total. The van der Waals surface area contributed by atoms with Gasteiger partial charge in [0.05, 0.1) is 5.25 Å². The van der Waals surface area contributed by atoms with Gasteiger partial charge in [-0.25, -0.2) is 0 Å². The number of carbonyl (C=O) groups excluding carboxylic acids is 2. The van der Waals surface area contributed by atoms with Crippen molar-refractivity contribution in [1.82, 2.24) is 4.90 Å². The second-order valence-corrected chi connectivity index (χ2v) is 6.41. The van der Waals surface area contributed by atoms with Gasteiger partial charge in [-0.15, -0.1) is 0 Å². The zero-order valence-corrected chi connectivity index (χ0v) is 13.0. The highest BCUT2D eigenvalue weighted by atomic mass is 32.2. The number of hydrogen-bond acceptors (Lipinski definition) is 4. The van der Waals surface area contributed by atoms with Crippen molar-refractivity contribution in [3.8, 4) is 0 Å². The van der Waals surface area contributed by atoms with Gasteiger partial charge in [-0.1, -0.05) is 36.1 Å². The lowest BCUT2D eigenvalue weighted by atomic mass is 10.2. The Morgan fingerprint density at radius 1 is 1.50 bits per heavy atom. The van der Waals surface area contributed by atoms with E-state index in [2.05, 4.69) is 5.32 Å². The second-order valence-electron chi connectivity index (χ2n) is 4.58. The molecule has 1 aromatic rings. The molecule has 6 heteroatoms.